The Labute approximate surface area is 107 Å². The highest BCUT2D eigenvalue weighted by molar-refractivity contribution is 5.15. The standard InChI is InChI=1S/C14H19N3O/c18-12-14(11-13-5-2-1-3-6-13)15-8-10-17-9-4-7-16-17/h1-7,9,14-15,18H,8,10-12H2. The molecule has 0 saturated carbocycles. The Bertz CT molecular complexity index is 428. The molecule has 2 N–H and O–H groups in total. The van der Waals surface area contributed by atoms with Crippen LogP contribution in [0.25, 0.3) is 0 Å². The van der Waals surface area contributed by atoms with Gasteiger partial charge in [0, 0.05) is 25.0 Å². The summed E-state index contributed by atoms with van der Waals surface area (Å²) in [5.74, 6) is 0. The summed E-state index contributed by atoms with van der Waals surface area (Å²) >= 11 is 0. The van der Waals surface area contributed by atoms with E-state index in [4.69, 9.17) is 0 Å². The van der Waals surface area contributed by atoms with Crippen LogP contribution in [0.5, 0.6) is 0 Å². The van der Waals surface area contributed by atoms with Gasteiger partial charge in [-0.1, -0.05) is 30.3 Å². The summed E-state index contributed by atoms with van der Waals surface area (Å²) in [5.41, 5.74) is 1.24. The quantitative estimate of drug-likeness (QED) is 0.767. The Balaban J connectivity index is 1.75. The molecule has 1 unspecified atom stereocenters. The van der Waals surface area contributed by atoms with Gasteiger partial charge in [0.15, 0.2) is 0 Å². The molecule has 0 fully saturated rings. The molecular formula is C14H19N3O. The summed E-state index contributed by atoms with van der Waals surface area (Å²) in [6, 6.07) is 12.2. The lowest BCUT2D eigenvalue weighted by Crippen LogP contribution is -2.36. The zero-order valence-corrected chi connectivity index (χ0v) is 10.4. The first-order valence-electron chi connectivity index (χ1n) is 6.24. The first kappa shape index (κ1) is 12.8. The van der Waals surface area contributed by atoms with Crippen LogP contribution in [0.2, 0.25) is 0 Å². The topological polar surface area (TPSA) is 50.1 Å². The summed E-state index contributed by atoms with van der Waals surface area (Å²) < 4.78 is 1.88. The van der Waals surface area contributed by atoms with Crippen LogP contribution in [0, 0.1) is 0 Å². The van der Waals surface area contributed by atoms with E-state index in [9.17, 15) is 5.11 Å². The van der Waals surface area contributed by atoms with Gasteiger partial charge < -0.3 is 10.4 Å². The molecule has 1 heterocycles. The van der Waals surface area contributed by atoms with Crippen LogP contribution in [0.1, 0.15) is 5.56 Å². The summed E-state index contributed by atoms with van der Waals surface area (Å²) in [5, 5.41) is 16.8. The molecule has 18 heavy (non-hydrogen) atoms. The second-order valence-electron chi connectivity index (χ2n) is 4.29. The zero-order chi connectivity index (χ0) is 12.6. The average molecular weight is 245 g/mol. The maximum absolute atomic E-state index is 9.36. The lowest BCUT2D eigenvalue weighted by molar-refractivity contribution is 0.240. The van der Waals surface area contributed by atoms with E-state index < -0.39 is 0 Å². The van der Waals surface area contributed by atoms with Gasteiger partial charge in [0.05, 0.1) is 13.2 Å². The molecule has 2 aromatic rings. The van der Waals surface area contributed by atoms with Gasteiger partial charge in [-0.15, -0.1) is 0 Å². The van der Waals surface area contributed by atoms with E-state index in [1.54, 1.807) is 6.20 Å². The van der Waals surface area contributed by atoms with Crippen molar-refractivity contribution in [2.75, 3.05) is 13.2 Å². The minimum Gasteiger partial charge on any atom is -0.395 e. The molecule has 0 radical (unpaired) electrons. The number of aromatic nitrogens is 2. The first-order valence-corrected chi connectivity index (χ1v) is 6.24. The molecule has 0 aliphatic heterocycles. The fourth-order valence-corrected chi connectivity index (χ4v) is 1.92. The molecule has 2 rings (SSSR count). The van der Waals surface area contributed by atoms with Gasteiger partial charge in [-0.25, -0.2) is 0 Å². The number of hydrogen-bond donors (Lipinski definition) is 2. The van der Waals surface area contributed by atoms with Gasteiger partial charge in [-0.05, 0) is 18.1 Å². The van der Waals surface area contributed by atoms with Crippen LogP contribution in [0.3, 0.4) is 0 Å². The van der Waals surface area contributed by atoms with Gasteiger partial charge in [0.25, 0.3) is 0 Å². The molecule has 1 aromatic heterocycles. The highest BCUT2D eigenvalue weighted by Gasteiger charge is 2.07. The van der Waals surface area contributed by atoms with Gasteiger partial charge >= 0.3 is 0 Å². The molecule has 0 bridgehead atoms. The third kappa shape index (κ3) is 3.98. The van der Waals surface area contributed by atoms with Crippen molar-refractivity contribution in [2.45, 2.75) is 19.0 Å². The average Bonchev–Trinajstić information content (AvgIpc) is 2.92. The highest BCUT2D eigenvalue weighted by atomic mass is 16.3. The van der Waals surface area contributed by atoms with Gasteiger partial charge in [0.2, 0.25) is 0 Å². The van der Waals surface area contributed by atoms with E-state index in [1.165, 1.54) is 5.56 Å². The maximum Gasteiger partial charge on any atom is 0.0587 e. The Kier molecular flexibility index (Phi) is 4.93. The van der Waals surface area contributed by atoms with Crippen molar-refractivity contribution in [1.82, 2.24) is 15.1 Å². The summed E-state index contributed by atoms with van der Waals surface area (Å²) in [6.45, 7) is 1.77. The number of benzene rings is 1. The largest absolute Gasteiger partial charge is 0.395 e. The summed E-state index contributed by atoms with van der Waals surface area (Å²) in [7, 11) is 0. The van der Waals surface area contributed by atoms with Crippen molar-refractivity contribution >= 4 is 0 Å². The van der Waals surface area contributed by atoms with Crippen molar-refractivity contribution in [3.63, 3.8) is 0 Å². The Morgan fingerprint density at radius 3 is 2.72 bits per heavy atom. The van der Waals surface area contributed by atoms with Crippen molar-refractivity contribution in [1.29, 1.82) is 0 Å². The number of aliphatic hydroxyl groups excluding tert-OH is 1. The highest BCUT2D eigenvalue weighted by Crippen LogP contribution is 2.02. The number of nitrogens with one attached hydrogen (secondary N) is 1. The van der Waals surface area contributed by atoms with E-state index in [0.717, 1.165) is 19.5 Å². The predicted molar refractivity (Wildman–Crippen MR) is 71.2 cm³/mol. The molecule has 1 atom stereocenters. The molecule has 96 valence electrons. The van der Waals surface area contributed by atoms with Gasteiger partial charge in [-0.3, -0.25) is 4.68 Å². The van der Waals surface area contributed by atoms with E-state index in [-0.39, 0.29) is 12.6 Å². The predicted octanol–water partition coefficient (Wildman–Crippen LogP) is 1.08. The SMILES string of the molecule is OCC(Cc1ccccc1)NCCn1cccn1. The van der Waals surface area contributed by atoms with Crippen LogP contribution in [0.4, 0.5) is 0 Å². The maximum atomic E-state index is 9.36. The van der Waals surface area contributed by atoms with E-state index in [2.05, 4.69) is 22.5 Å². The third-order valence-electron chi connectivity index (χ3n) is 2.88. The van der Waals surface area contributed by atoms with Gasteiger partial charge in [0.1, 0.15) is 0 Å². The van der Waals surface area contributed by atoms with E-state index >= 15 is 0 Å². The molecule has 0 amide bonds. The zero-order valence-electron chi connectivity index (χ0n) is 10.4. The fourth-order valence-electron chi connectivity index (χ4n) is 1.92. The van der Waals surface area contributed by atoms with Crippen LogP contribution in [-0.4, -0.2) is 34.1 Å². The molecule has 4 nitrogen and oxygen atoms in total. The Morgan fingerprint density at radius 2 is 2.06 bits per heavy atom. The molecule has 0 saturated heterocycles. The van der Waals surface area contributed by atoms with E-state index in [0.29, 0.717) is 0 Å². The monoisotopic (exact) mass is 245 g/mol. The third-order valence-corrected chi connectivity index (χ3v) is 2.88. The minimum absolute atomic E-state index is 0.1000. The lowest BCUT2D eigenvalue weighted by atomic mass is 10.1. The number of nitrogens with zero attached hydrogens (tertiary/aromatic N) is 2. The van der Waals surface area contributed by atoms with Crippen molar-refractivity contribution in [2.24, 2.45) is 0 Å². The number of aliphatic hydroxyl groups is 1. The van der Waals surface area contributed by atoms with Crippen LogP contribution in [0.15, 0.2) is 48.8 Å². The van der Waals surface area contributed by atoms with E-state index in [1.807, 2.05) is 35.1 Å². The van der Waals surface area contributed by atoms with Crippen LogP contribution >= 0.6 is 0 Å². The smallest absolute Gasteiger partial charge is 0.0587 e. The minimum atomic E-state index is 0.1000. The summed E-state index contributed by atoms with van der Waals surface area (Å²) in [4.78, 5) is 0. The Hall–Kier alpha value is -1.65. The van der Waals surface area contributed by atoms with Gasteiger partial charge in [-0.2, -0.15) is 5.10 Å². The Morgan fingerprint density at radius 1 is 1.22 bits per heavy atom. The second kappa shape index (κ2) is 6.93. The molecule has 0 aliphatic rings. The normalized spacial score (nSPS) is 12.5. The van der Waals surface area contributed by atoms with Crippen molar-refractivity contribution in [3.05, 3.63) is 54.4 Å². The number of hydrogen-bond acceptors (Lipinski definition) is 3. The van der Waals surface area contributed by atoms with Crippen molar-refractivity contribution < 1.29 is 5.11 Å². The molecule has 0 spiro atoms. The van der Waals surface area contributed by atoms with Crippen molar-refractivity contribution in [3.8, 4) is 0 Å². The molecular weight excluding hydrogens is 226 g/mol. The lowest BCUT2D eigenvalue weighted by Gasteiger charge is -2.16. The number of rotatable bonds is 7. The van der Waals surface area contributed by atoms with Crippen LogP contribution in [-0.2, 0) is 13.0 Å². The molecule has 4 heteroatoms. The molecule has 0 aliphatic carbocycles. The fraction of sp³-hybridized carbons (Fsp3) is 0.357. The first-order chi connectivity index (χ1) is 8.88. The van der Waals surface area contributed by atoms with Crippen LogP contribution < -0.4 is 5.32 Å². The summed E-state index contributed by atoms with van der Waals surface area (Å²) in [6.07, 6.45) is 4.55. The molecule has 1 aromatic carbocycles. The second-order valence-corrected chi connectivity index (χ2v) is 4.29.